The Morgan fingerprint density at radius 3 is 2.68 bits per heavy atom. The highest BCUT2D eigenvalue weighted by Gasteiger charge is 2.44. The van der Waals surface area contributed by atoms with Crippen LogP contribution in [0.25, 0.3) is 0 Å². The van der Waals surface area contributed by atoms with E-state index in [0.29, 0.717) is 19.0 Å². The zero-order valence-electron chi connectivity index (χ0n) is 12.1. The lowest BCUT2D eigenvalue weighted by Gasteiger charge is -2.37. The van der Waals surface area contributed by atoms with Gasteiger partial charge in [-0.15, -0.1) is 0 Å². The van der Waals surface area contributed by atoms with E-state index in [2.05, 4.69) is 13.8 Å². The number of carbonyl (C=O) groups excluding carboxylic acids is 2. The van der Waals surface area contributed by atoms with Gasteiger partial charge in [0.25, 0.3) is 0 Å². The summed E-state index contributed by atoms with van der Waals surface area (Å²) in [6, 6.07) is -0.0116. The molecule has 0 aromatic carbocycles. The summed E-state index contributed by atoms with van der Waals surface area (Å²) in [7, 11) is 3.48. The van der Waals surface area contributed by atoms with Gasteiger partial charge in [-0.1, -0.05) is 13.8 Å². The largest absolute Gasteiger partial charge is 0.364 e. The van der Waals surface area contributed by atoms with E-state index in [1.165, 1.54) is 0 Å². The van der Waals surface area contributed by atoms with Crippen molar-refractivity contribution in [3.8, 4) is 0 Å². The molecular weight excluding hydrogens is 246 g/mol. The molecule has 108 valence electrons. The lowest BCUT2D eigenvalue weighted by molar-refractivity contribution is -0.153. The number of hydrogen-bond donors (Lipinski definition) is 0. The predicted octanol–water partition coefficient (Wildman–Crippen LogP) is 0.236. The van der Waals surface area contributed by atoms with Crippen LogP contribution in [0.5, 0.6) is 0 Å². The summed E-state index contributed by atoms with van der Waals surface area (Å²) in [5.74, 6) is 0.454. The van der Waals surface area contributed by atoms with Gasteiger partial charge < -0.3 is 19.4 Å². The maximum absolute atomic E-state index is 12.0. The summed E-state index contributed by atoms with van der Waals surface area (Å²) >= 11 is 0. The number of ether oxygens (including phenoxy) is 1. The SMILES string of the molecule is CC(C)CN1C(=O)CO[C@@H]2CN(C(=O)N(C)C)C[C@H]21. The highest BCUT2D eigenvalue weighted by molar-refractivity contribution is 5.79. The monoisotopic (exact) mass is 269 g/mol. The van der Waals surface area contributed by atoms with Crippen LogP contribution in [0.2, 0.25) is 0 Å². The van der Waals surface area contributed by atoms with Crippen molar-refractivity contribution in [1.29, 1.82) is 0 Å². The highest BCUT2D eigenvalue weighted by atomic mass is 16.5. The molecule has 6 nitrogen and oxygen atoms in total. The zero-order chi connectivity index (χ0) is 14.2. The lowest BCUT2D eigenvalue weighted by atomic mass is 10.1. The Kier molecular flexibility index (Phi) is 3.99. The number of amides is 3. The van der Waals surface area contributed by atoms with E-state index in [1.807, 2.05) is 4.90 Å². The van der Waals surface area contributed by atoms with Gasteiger partial charge in [-0.2, -0.15) is 0 Å². The molecule has 0 aliphatic carbocycles. The average Bonchev–Trinajstić information content (AvgIpc) is 2.75. The van der Waals surface area contributed by atoms with Crippen LogP contribution >= 0.6 is 0 Å². The Labute approximate surface area is 114 Å². The second-order valence-corrected chi connectivity index (χ2v) is 5.94. The molecule has 2 atom stereocenters. The molecule has 2 aliphatic rings. The van der Waals surface area contributed by atoms with E-state index in [1.54, 1.807) is 23.9 Å². The first kappa shape index (κ1) is 14.1. The van der Waals surface area contributed by atoms with Crippen molar-refractivity contribution in [3.63, 3.8) is 0 Å². The molecule has 0 radical (unpaired) electrons. The second-order valence-electron chi connectivity index (χ2n) is 5.94. The van der Waals surface area contributed by atoms with Gasteiger partial charge in [0, 0.05) is 27.2 Å². The maximum Gasteiger partial charge on any atom is 0.319 e. The van der Waals surface area contributed by atoms with E-state index in [-0.39, 0.29) is 30.7 Å². The van der Waals surface area contributed by atoms with Crippen molar-refractivity contribution >= 4 is 11.9 Å². The smallest absolute Gasteiger partial charge is 0.319 e. The third-order valence-electron chi connectivity index (χ3n) is 3.59. The maximum atomic E-state index is 12.0. The highest BCUT2D eigenvalue weighted by Crippen LogP contribution is 2.24. The average molecular weight is 269 g/mol. The van der Waals surface area contributed by atoms with Crippen LogP contribution < -0.4 is 0 Å². The summed E-state index contributed by atoms with van der Waals surface area (Å²) in [4.78, 5) is 29.2. The fourth-order valence-corrected chi connectivity index (χ4v) is 2.74. The molecule has 0 unspecified atom stereocenters. The van der Waals surface area contributed by atoms with Gasteiger partial charge in [0.05, 0.1) is 18.7 Å². The molecule has 6 heteroatoms. The van der Waals surface area contributed by atoms with Crippen LogP contribution in [0.3, 0.4) is 0 Å². The molecule has 0 bridgehead atoms. The minimum Gasteiger partial charge on any atom is -0.364 e. The van der Waals surface area contributed by atoms with Crippen molar-refractivity contribution in [3.05, 3.63) is 0 Å². The lowest BCUT2D eigenvalue weighted by Crippen LogP contribution is -2.55. The van der Waals surface area contributed by atoms with Gasteiger partial charge in [-0.25, -0.2) is 4.79 Å². The van der Waals surface area contributed by atoms with Gasteiger partial charge in [-0.05, 0) is 5.92 Å². The van der Waals surface area contributed by atoms with Crippen molar-refractivity contribution in [2.24, 2.45) is 5.92 Å². The van der Waals surface area contributed by atoms with Gasteiger partial charge in [0.15, 0.2) is 0 Å². The molecule has 0 aromatic rings. The standard InChI is InChI=1S/C13H23N3O3/c1-9(2)5-16-10-6-15(13(18)14(3)4)7-11(10)19-8-12(16)17/h9-11H,5-8H2,1-4H3/t10-,11-/m1/s1. The number of morpholine rings is 1. The topological polar surface area (TPSA) is 53.1 Å². The summed E-state index contributed by atoms with van der Waals surface area (Å²) in [6.45, 7) is 6.19. The quantitative estimate of drug-likeness (QED) is 0.721. The molecule has 2 heterocycles. The molecule has 3 amide bonds. The van der Waals surface area contributed by atoms with Crippen LogP contribution in [0.15, 0.2) is 0 Å². The van der Waals surface area contributed by atoms with Crippen molar-refractivity contribution in [1.82, 2.24) is 14.7 Å². The summed E-state index contributed by atoms with van der Waals surface area (Å²) in [5.41, 5.74) is 0. The Hall–Kier alpha value is -1.30. The van der Waals surface area contributed by atoms with Crippen LogP contribution in [0, 0.1) is 5.92 Å². The molecule has 2 fully saturated rings. The third-order valence-corrected chi connectivity index (χ3v) is 3.59. The van der Waals surface area contributed by atoms with E-state index in [9.17, 15) is 9.59 Å². The Bertz CT molecular complexity index is 370. The van der Waals surface area contributed by atoms with Crippen molar-refractivity contribution in [2.75, 3.05) is 40.3 Å². The van der Waals surface area contributed by atoms with Crippen LogP contribution in [0.1, 0.15) is 13.8 Å². The fourth-order valence-electron chi connectivity index (χ4n) is 2.74. The Balaban J connectivity index is 2.08. The van der Waals surface area contributed by atoms with E-state index in [0.717, 1.165) is 6.54 Å². The van der Waals surface area contributed by atoms with Gasteiger partial charge >= 0.3 is 6.03 Å². The molecule has 0 saturated carbocycles. The van der Waals surface area contributed by atoms with Gasteiger partial charge in [0.2, 0.25) is 5.91 Å². The Morgan fingerprint density at radius 1 is 1.42 bits per heavy atom. The van der Waals surface area contributed by atoms with Crippen molar-refractivity contribution < 1.29 is 14.3 Å². The molecule has 0 N–H and O–H groups in total. The number of carbonyl (C=O) groups is 2. The molecule has 2 saturated heterocycles. The number of rotatable bonds is 2. The molecule has 2 aliphatic heterocycles. The molecule has 2 rings (SSSR count). The van der Waals surface area contributed by atoms with Crippen LogP contribution in [0.4, 0.5) is 4.79 Å². The molecular formula is C13H23N3O3. The summed E-state index contributed by atoms with van der Waals surface area (Å²) < 4.78 is 5.58. The first-order valence-corrected chi connectivity index (χ1v) is 6.77. The minimum atomic E-state index is -0.0413. The molecule has 0 aromatic heterocycles. The van der Waals surface area contributed by atoms with Crippen molar-refractivity contribution in [2.45, 2.75) is 26.0 Å². The minimum absolute atomic E-state index is 0.00699. The Morgan fingerprint density at radius 2 is 2.11 bits per heavy atom. The van der Waals surface area contributed by atoms with E-state index in [4.69, 9.17) is 4.74 Å². The van der Waals surface area contributed by atoms with Crippen LogP contribution in [-0.4, -0.2) is 79.1 Å². The fraction of sp³-hybridized carbons (Fsp3) is 0.846. The van der Waals surface area contributed by atoms with E-state index < -0.39 is 0 Å². The third kappa shape index (κ3) is 2.83. The second kappa shape index (κ2) is 5.36. The zero-order valence-corrected chi connectivity index (χ0v) is 12.1. The number of fused-ring (bicyclic) bond motifs is 1. The van der Waals surface area contributed by atoms with E-state index >= 15 is 0 Å². The summed E-state index contributed by atoms with van der Waals surface area (Å²) in [5, 5.41) is 0. The van der Waals surface area contributed by atoms with Crippen LogP contribution in [-0.2, 0) is 9.53 Å². The number of nitrogens with zero attached hydrogens (tertiary/aromatic N) is 3. The first-order valence-electron chi connectivity index (χ1n) is 6.77. The molecule has 0 spiro atoms. The van der Waals surface area contributed by atoms with Gasteiger partial charge in [-0.3, -0.25) is 4.79 Å². The van der Waals surface area contributed by atoms with Gasteiger partial charge in [0.1, 0.15) is 6.61 Å². The summed E-state index contributed by atoms with van der Waals surface area (Å²) in [6.07, 6.45) is -0.0413. The first-order chi connectivity index (χ1) is 8.90. The molecule has 19 heavy (non-hydrogen) atoms. The normalized spacial score (nSPS) is 26.9. The number of urea groups is 1. The number of hydrogen-bond acceptors (Lipinski definition) is 3. The predicted molar refractivity (Wildman–Crippen MR) is 70.7 cm³/mol. The number of likely N-dealkylation sites (tertiary alicyclic amines) is 1.